The van der Waals surface area contributed by atoms with Crippen molar-refractivity contribution in [3.8, 4) is 5.75 Å². The maximum Gasteiger partial charge on any atom is 0.407 e. The van der Waals surface area contributed by atoms with E-state index < -0.39 is 48.3 Å². The smallest absolute Gasteiger partial charge is 0.407 e. The zero-order chi connectivity index (χ0) is 36.3. The quantitative estimate of drug-likeness (QED) is 0.120. The lowest BCUT2D eigenvalue weighted by Crippen LogP contribution is -2.51. The number of fused-ring (bicyclic) bond motifs is 1. The number of amides is 1. The standard InChI is InChI=1S/C33H48N3O12PS/c1-6-47-49(39,43-5)22-46-34-18-25-9-7-24(8-10-25)17-29(35-33(38)48-31-21-45-32-28(31)15-16-44-32)30(37)20-36(19-23(2)3)50(40,41)27-13-11-26(42-4)12-14-27/h7-14,18,23,28-32,37H,6,15-17,19-22H2,1-5H3,(H,35,38)/t28-,29-,30+,31-,32+,49?/m0/s1. The molecular weight excluding hydrogens is 693 g/mol. The van der Waals surface area contributed by atoms with E-state index in [0.29, 0.717) is 24.3 Å². The molecule has 2 N–H and O–H groups in total. The van der Waals surface area contributed by atoms with E-state index in [9.17, 15) is 22.9 Å². The summed E-state index contributed by atoms with van der Waals surface area (Å²) in [6.45, 7) is 6.19. The molecule has 0 aromatic heterocycles. The molecule has 2 aliphatic heterocycles. The number of aliphatic hydroxyl groups excluding tert-OH is 1. The van der Waals surface area contributed by atoms with Gasteiger partial charge in [0.25, 0.3) is 0 Å². The summed E-state index contributed by atoms with van der Waals surface area (Å²) in [6, 6.07) is 12.1. The highest BCUT2D eigenvalue weighted by molar-refractivity contribution is 7.89. The average Bonchev–Trinajstić information content (AvgIpc) is 3.72. The summed E-state index contributed by atoms with van der Waals surface area (Å²) >= 11 is 0. The van der Waals surface area contributed by atoms with E-state index in [1.54, 1.807) is 43.3 Å². The van der Waals surface area contributed by atoms with Crippen molar-refractivity contribution >= 4 is 29.9 Å². The van der Waals surface area contributed by atoms with Crippen LogP contribution < -0.4 is 10.1 Å². The molecule has 2 aromatic carbocycles. The second-order valence-corrected chi connectivity index (χ2v) is 16.4. The van der Waals surface area contributed by atoms with E-state index in [4.69, 9.17) is 32.8 Å². The molecule has 0 spiro atoms. The average molecular weight is 742 g/mol. The van der Waals surface area contributed by atoms with Gasteiger partial charge in [-0.05, 0) is 61.1 Å². The Morgan fingerprint density at radius 1 is 1.12 bits per heavy atom. The van der Waals surface area contributed by atoms with Crippen LogP contribution in [0.15, 0.2) is 58.6 Å². The van der Waals surface area contributed by atoms with Gasteiger partial charge in [0.05, 0.1) is 56.1 Å². The largest absolute Gasteiger partial charge is 0.497 e. The lowest BCUT2D eigenvalue weighted by molar-refractivity contribution is -0.0907. The second-order valence-electron chi connectivity index (χ2n) is 12.3. The Labute approximate surface area is 293 Å². The van der Waals surface area contributed by atoms with E-state index >= 15 is 0 Å². The van der Waals surface area contributed by atoms with E-state index in [-0.39, 0.29) is 55.8 Å². The molecular formula is C33H48N3O12PS. The number of carbonyl (C=O) groups excluding carboxylic acids is 1. The van der Waals surface area contributed by atoms with Gasteiger partial charge in [-0.3, -0.25) is 4.57 Å². The number of oxime groups is 1. The zero-order valence-electron chi connectivity index (χ0n) is 29.0. The zero-order valence-corrected chi connectivity index (χ0v) is 30.7. The van der Waals surface area contributed by atoms with Crippen molar-refractivity contribution in [2.24, 2.45) is 17.0 Å². The molecule has 15 nitrogen and oxygen atoms in total. The molecule has 0 bridgehead atoms. The summed E-state index contributed by atoms with van der Waals surface area (Å²) in [5.41, 5.74) is 1.39. The summed E-state index contributed by atoms with van der Waals surface area (Å²) in [6.07, 6.45) is -1.10. The van der Waals surface area contributed by atoms with Crippen LogP contribution in [-0.2, 0) is 49.1 Å². The summed E-state index contributed by atoms with van der Waals surface area (Å²) in [5, 5.41) is 18.2. The number of nitrogens with one attached hydrogen (secondary N) is 1. The molecule has 2 aromatic rings. The number of hydrogen-bond acceptors (Lipinski definition) is 13. The van der Waals surface area contributed by atoms with Crippen LogP contribution in [0.4, 0.5) is 4.79 Å². The topological polar surface area (TPSA) is 181 Å². The predicted molar refractivity (Wildman–Crippen MR) is 184 cm³/mol. The van der Waals surface area contributed by atoms with Gasteiger partial charge in [0.15, 0.2) is 6.29 Å². The number of benzene rings is 2. The summed E-state index contributed by atoms with van der Waals surface area (Å²) < 4.78 is 73.1. The fourth-order valence-electron chi connectivity index (χ4n) is 5.60. The van der Waals surface area contributed by atoms with Gasteiger partial charge >= 0.3 is 13.7 Å². The van der Waals surface area contributed by atoms with E-state index in [2.05, 4.69) is 10.5 Å². The number of ether oxygens (including phenoxy) is 4. The van der Waals surface area contributed by atoms with Gasteiger partial charge in [-0.25, -0.2) is 13.2 Å². The first-order valence-corrected chi connectivity index (χ1v) is 19.6. The molecule has 1 unspecified atom stereocenters. The number of nitrogens with zero attached hydrogens (tertiary/aromatic N) is 2. The monoisotopic (exact) mass is 741 g/mol. The molecule has 2 heterocycles. The predicted octanol–water partition coefficient (Wildman–Crippen LogP) is 3.99. The first-order valence-electron chi connectivity index (χ1n) is 16.4. The van der Waals surface area contributed by atoms with E-state index in [1.165, 1.54) is 36.9 Å². The third-order valence-corrected chi connectivity index (χ3v) is 11.7. The molecule has 2 saturated heterocycles. The molecule has 0 radical (unpaired) electrons. The third-order valence-electron chi connectivity index (χ3n) is 8.20. The number of methoxy groups -OCH3 is 1. The Morgan fingerprint density at radius 3 is 2.48 bits per heavy atom. The van der Waals surface area contributed by atoms with Crippen LogP contribution in [-0.4, -0.2) is 108 Å². The maximum atomic E-state index is 13.8. The number of hydrogen-bond donors (Lipinski definition) is 2. The normalized spacial score (nSPS) is 21.6. The number of sulfonamides is 1. The Bertz CT molecular complexity index is 1560. The number of alkyl carbamates (subject to hydrolysis) is 1. The van der Waals surface area contributed by atoms with Crippen molar-refractivity contribution in [2.75, 3.05) is 53.5 Å². The Balaban J connectivity index is 1.49. The first-order chi connectivity index (χ1) is 23.9. The molecule has 0 aliphatic carbocycles. The molecule has 6 atom stereocenters. The van der Waals surface area contributed by atoms with Crippen molar-refractivity contribution in [3.63, 3.8) is 0 Å². The highest BCUT2D eigenvalue weighted by atomic mass is 32.2. The van der Waals surface area contributed by atoms with Gasteiger partial charge < -0.3 is 43.3 Å². The van der Waals surface area contributed by atoms with Crippen molar-refractivity contribution in [3.05, 3.63) is 59.7 Å². The van der Waals surface area contributed by atoms with Gasteiger partial charge in [-0.1, -0.05) is 43.3 Å². The molecule has 4 rings (SSSR count). The Kier molecular flexibility index (Phi) is 14.6. The molecule has 17 heteroatoms. The van der Waals surface area contributed by atoms with Crippen LogP contribution in [0, 0.1) is 11.8 Å². The van der Waals surface area contributed by atoms with Crippen LogP contribution >= 0.6 is 7.60 Å². The lowest BCUT2D eigenvalue weighted by Gasteiger charge is -2.31. The fourth-order valence-corrected chi connectivity index (χ4v) is 8.11. The summed E-state index contributed by atoms with van der Waals surface area (Å²) in [7, 11) is -4.66. The highest BCUT2D eigenvalue weighted by Gasteiger charge is 2.44. The molecule has 0 saturated carbocycles. The molecule has 1 amide bonds. The highest BCUT2D eigenvalue weighted by Crippen LogP contribution is 2.47. The van der Waals surface area contributed by atoms with Crippen molar-refractivity contribution in [1.29, 1.82) is 0 Å². The Hall–Kier alpha value is -3.08. The number of carbonyl (C=O) groups is 1. The van der Waals surface area contributed by atoms with Crippen LogP contribution in [0.2, 0.25) is 0 Å². The minimum Gasteiger partial charge on any atom is -0.497 e. The van der Waals surface area contributed by atoms with Gasteiger partial charge in [-0.15, -0.1) is 0 Å². The van der Waals surface area contributed by atoms with Crippen LogP contribution in [0.3, 0.4) is 0 Å². The van der Waals surface area contributed by atoms with Gasteiger partial charge in [0, 0.05) is 20.2 Å². The van der Waals surface area contributed by atoms with Gasteiger partial charge in [0.1, 0.15) is 11.9 Å². The van der Waals surface area contributed by atoms with Crippen LogP contribution in [0.5, 0.6) is 5.75 Å². The van der Waals surface area contributed by atoms with Crippen LogP contribution in [0.1, 0.15) is 38.3 Å². The fraction of sp³-hybridized carbons (Fsp3) is 0.576. The number of aliphatic hydroxyl groups is 1. The number of rotatable bonds is 19. The minimum atomic E-state index is -4.03. The van der Waals surface area contributed by atoms with E-state index in [0.717, 1.165) is 5.56 Å². The third kappa shape index (κ3) is 11.0. The van der Waals surface area contributed by atoms with Crippen molar-refractivity contribution < 1.29 is 55.7 Å². The first kappa shape index (κ1) is 39.7. The second kappa shape index (κ2) is 18.4. The van der Waals surface area contributed by atoms with Crippen molar-refractivity contribution in [2.45, 2.75) is 63.0 Å². The minimum absolute atomic E-state index is 0.0498. The maximum absolute atomic E-state index is 13.8. The summed E-state index contributed by atoms with van der Waals surface area (Å²) in [5.74, 6) is 0.363. The van der Waals surface area contributed by atoms with E-state index in [1.807, 2.05) is 13.8 Å². The van der Waals surface area contributed by atoms with Gasteiger partial charge in [-0.2, -0.15) is 4.31 Å². The summed E-state index contributed by atoms with van der Waals surface area (Å²) in [4.78, 5) is 18.4. The van der Waals surface area contributed by atoms with Crippen molar-refractivity contribution in [1.82, 2.24) is 9.62 Å². The lowest BCUT2D eigenvalue weighted by atomic mass is 10.00. The van der Waals surface area contributed by atoms with Gasteiger partial charge in [0.2, 0.25) is 16.4 Å². The molecule has 50 heavy (non-hydrogen) atoms. The molecule has 2 fully saturated rings. The SMILES string of the molecule is CCOP(=O)(CON=Cc1ccc(C[C@H](NC(=O)O[C@H]2CO[C@H]3OCC[C@H]32)[C@H](O)CN(CC(C)C)S(=O)(=O)c2ccc(OC)cc2)cc1)OC. The molecule has 2 aliphatic rings. The van der Waals surface area contributed by atoms with Crippen LogP contribution in [0.25, 0.3) is 0 Å². The Morgan fingerprint density at radius 2 is 1.84 bits per heavy atom. The molecule has 278 valence electrons.